The molecule has 0 aliphatic carbocycles. The van der Waals surface area contributed by atoms with Gasteiger partial charge in [0.2, 0.25) is 0 Å². The zero-order chi connectivity index (χ0) is 15.4. The van der Waals surface area contributed by atoms with Crippen LogP contribution >= 0.6 is 22.6 Å². The van der Waals surface area contributed by atoms with Crippen LogP contribution in [0, 0.1) is 10.5 Å². The number of halogens is 1. The summed E-state index contributed by atoms with van der Waals surface area (Å²) in [4.78, 5) is 12.2. The average molecular weight is 397 g/mol. The van der Waals surface area contributed by atoms with Gasteiger partial charge in [-0.15, -0.1) is 0 Å². The summed E-state index contributed by atoms with van der Waals surface area (Å²) in [5.41, 5.74) is 2.61. The number of phenols is 1. The van der Waals surface area contributed by atoms with Gasteiger partial charge in [0.05, 0.1) is 12.7 Å². The van der Waals surface area contributed by atoms with Crippen molar-refractivity contribution in [1.29, 1.82) is 0 Å². The first-order valence-electron chi connectivity index (χ1n) is 6.42. The Morgan fingerprint density at radius 1 is 1.33 bits per heavy atom. The number of methoxy groups -OCH3 is 1. The number of benzene rings is 2. The fourth-order valence-corrected chi connectivity index (χ4v) is 2.54. The number of carbonyl (C=O) groups excluding carboxylic acids is 1. The van der Waals surface area contributed by atoms with Crippen LogP contribution in [-0.2, 0) is 6.54 Å². The second-order valence-electron chi connectivity index (χ2n) is 4.63. The Bertz CT molecular complexity index is 671. The molecule has 0 aromatic heterocycles. The highest BCUT2D eigenvalue weighted by atomic mass is 127. The number of hydrogen-bond donors (Lipinski definition) is 2. The van der Waals surface area contributed by atoms with Crippen LogP contribution in [0.3, 0.4) is 0 Å². The van der Waals surface area contributed by atoms with E-state index < -0.39 is 0 Å². The second-order valence-corrected chi connectivity index (χ2v) is 5.70. The Morgan fingerprint density at radius 2 is 2.10 bits per heavy atom. The first-order valence-corrected chi connectivity index (χ1v) is 7.50. The summed E-state index contributed by atoms with van der Waals surface area (Å²) in [6, 6.07) is 10.7. The van der Waals surface area contributed by atoms with Crippen molar-refractivity contribution in [1.82, 2.24) is 5.32 Å². The van der Waals surface area contributed by atoms with Crippen LogP contribution in [0.4, 0.5) is 0 Å². The van der Waals surface area contributed by atoms with E-state index in [9.17, 15) is 9.90 Å². The predicted molar refractivity (Wildman–Crippen MR) is 89.7 cm³/mol. The van der Waals surface area contributed by atoms with Crippen molar-refractivity contribution in [2.24, 2.45) is 0 Å². The van der Waals surface area contributed by atoms with E-state index in [1.165, 1.54) is 7.11 Å². The molecule has 4 nitrogen and oxygen atoms in total. The molecule has 0 spiro atoms. The molecular weight excluding hydrogens is 381 g/mol. The molecule has 5 heteroatoms. The molecule has 0 saturated carbocycles. The summed E-state index contributed by atoms with van der Waals surface area (Å²) in [5.74, 6) is 0.364. The van der Waals surface area contributed by atoms with Crippen molar-refractivity contribution in [3.8, 4) is 11.5 Å². The molecule has 2 aromatic carbocycles. The molecular formula is C16H16INO3. The minimum absolute atomic E-state index is 0.0841. The van der Waals surface area contributed by atoms with Gasteiger partial charge >= 0.3 is 0 Å². The maximum absolute atomic E-state index is 12.2. The molecule has 0 aliphatic rings. The van der Waals surface area contributed by atoms with Crippen LogP contribution in [0.25, 0.3) is 0 Å². The van der Waals surface area contributed by atoms with Gasteiger partial charge in [-0.1, -0.05) is 18.2 Å². The monoisotopic (exact) mass is 397 g/mol. The Kier molecular flexibility index (Phi) is 5.06. The number of amides is 1. The zero-order valence-electron chi connectivity index (χ0n) is 11.8. The molecule has 0 radical (unpaired) electrons. The topological polar surface area (TPSA) is 58.6 Å². The highest BCUT2D eigenvalue weighted by Crippen LogP contribution is 2.26. The van der Waals surface area contributed by atoms with Gasteiger partial charge in [0.25, 0.3) is 5.91 Å². The molecule has 2 aromatic rings. The van der Waals surface area contributed by atoms with Crippen LogP contribution in [0.2, 0.25) is 0 Å². The van der Waals surface area contributed by atoms with E-state index in [4.69, 9.17) is 4.74 Å². The van der Waals surface area contributed by atoms with Gasteiger partial charge in [-0.3, -0.25) is 4.79 Å². The number of phenolic OH excluding ortho intramolecular Hbond substituents is 1. The molecule has 0 unspecified atom stereocenters. The lowest BCUT2D eigenvalue weighted by Crippen LogP contribution is -2.23. The number of rotatable bonds is 4. The van der Waals surface area contributed by atoms with Crippen LogP contribution < -0.4 is 10.1 Å². The summed E-state index contributed by atoms with van der Waals surface area (Å²) in [7, 11) is 1.49. The van der Waals surface area contributed by atoms with Gasteiger partial charge in [0.1, 0.15) is 0 Å². The van der Waals surface area contributed by atoms with Crippen LogP contribution in [0.1, 0.15) is 21.5 Å². The molecule has 0 fully saturated rings. The molecule has 0 heterocycles. The second kappa shape index (κ2) is 6.80. The van der Waals surface area contributed by atoms with Gasteiger partial charge in [-0.05, 0) is 58.8 Å². The summed E-state index contributed by atoms with van der Waals surface area (Å²) < 4.78 is 6.00. The highest BCUT2D eigenvalue weighted by Gasteiger charge is 2.11. The molecule has 21 heavy (non-hydrogen) atoms. The number of nitrogens with one attached hydrogen (secondary N) is 1. The quantitative estimate of drug-likeness (QED) is 0.779. The van der Waals surface area contributed by atoms with Gasteiger partial charge in [0, 0.05) is 10.1 Å². The fraction of sp³-hybridized carbons (Fsp3) is 0.188. The van der Waals surface area contributed by atoms with Gasteiger partial charge in [-0.25, -0.2) is 0 Å². The Balaban J connectivity index is 2.09. The third-order valence-electron chi connectivity index (χ3n) is 3.13. The number of ether oxygens (including phenoxy) is 1. The molecule has 1 amide bonds. The van der Waals surface area contributed by atoms with Gasteiger partial charge in [-0.2, -0.15) is 0 Å². The van der Waals surface area contributed by atoms with E-state index in [-0.39, 0.29) is 11.7 Å². The first-order chi connectivity index (χ1) is 10.0. The molecule has 0 bridgehead atoms. The van der Waals surface area contributed by atoms with Gasteiger partial charge in [0.15, 0.2) is 11.5 Å². The van der Waals surface area contributed by atoms with E-state index in [1.807, 2.05) is 25.1 Å². The smallest absolute Gasteiger partial charge is 0.252 e. The van der Waals surface area contributed by atoms with Crippen molar-refractivity contribution >= 4 is 28.5 Å². The largest absolute Gasteiger partial charge is 0.504 e. The molecule has 0 saturated heterocycles. The van der Waals surface area contributed by atoms with E-state index in [0.29, 0.717) is 17.9 Å². The third-order valence-corrected chi connectivity index (χ3v) is 4.57. The van der Waals surface area contributed by atoms with Crippen molar-refractivity contribution in [2.45, 2.75) is 13.5 Å². The first kappa shape index (κ1) is 15.6. The predicted octanol–water partition coefficient (Wildman–Crippen LogP) is 3.24. The van der Waals surface area contributed by atoms with Crippen molar-refractivity contribution in [3.05, 3.63) is 56.7 Å². The lowest BCUT2D eigenvalue weighted by molar-refractivity contribution is 0.0950. The summed E-state index contributed by atoms with van der Waals surface area (Å²) >= 11 is 2.18. The molecule has 2 N–H and O–H groups in total. The molecule has 0 aliphatic heterocycles. The minimum atomic E-state index is -0.116. The number of hydrogen-bond acceptors (Lipinski definition) is 3. The lowest BCUT2D eigenvalue weighted by Gasteiger charge is -2.10. The maximum Gasteiger partial charge on any atom is 0.252 e. The molecule has 0 atom stereocenters. The average Bonchev–Trinajstić information content (AvgIpc) is 2.49. The van der Waals surface area contributed by atoms with Crippen molar-refractivity contribution in [3.63, 3.8) is 0 Å². The fourth-order valence-electron chi connectivity index (χ4n) is 1.93. The number of aromatic hydroxyl groups is 1. The van der Waals surface area contributed by atoms with Crippen LogP contribution in [0.15, 0.2) is 36.4 Å². The Labute approximate surface area is 137 Å². The van der Waals surface area contributed by atoms with Gasteiger partial charge < -0.3 is 15.2 Å². The Hall–Kier alpha value is -1.76. The maximum atomic E-state index is 12.2. The lowest BCUT2D eigenvalue weighted by atomic mass is 10.1. The van der Waals surface area contributed by atoms with Crippen molar-refractivity contribution < 1.29 is 14.6 Å². The summed E-state index contributed by atoms with van der Waals surface area (Å²) in [6.07, 6.45) is 0. The third kappa shape index (κ3) is 3.66. The van der Waals surface area contributed by atoms with Crippen LogP contribution in [0.5, 0.6) is 11.5 Å². The Morgan fingerprint density at radius 3 is 2.81 bits per heavy atom. The summed E-state index contributed by atoms with van der Waals surface area (Å²) in [6.45, 7) is 2.35. The number of carbonyl (C=O) groups is 1. The van der Waals surface area contributed by atoms with E-state index in [1.54, 1.807) is 18.2 Å². The normalized spacial score (nSPS) is 10.2. The number of aryl methyl sites for hydroxylation is 1. The molecule has 2 rings (SSSR count). The van der Waals surface area contributed by atoms with Crippen molar-refractivity contribution in [2.75, 3.05) is 7.11 Å². The highest BCUT2D eigenvalue weighted by molar-refractivity contribution is 14.1. The van der Waals surface area contributed by atoms with E-state index >= 15 is 0 Å². The van der Waals surface area contributed by atoms with Crippen LogP contribution in [-0.4, -0.2) is 18.1 Å². The SMILES string of the molecule is COc1cc(CNC(=O)c2cccc(C)c2I)ccc1O. The molecule has 110 valence electrons. The standard InChI is InChI=1S/C16H16INO3/c1-10-4-3-5-12(15(10)17)16(20)18-9-11-6-7-13(19)14(8-11)21-2/h3-8,19H,9H2,1-2H3,(H,18,20). The summed E-state index contributed by atoms with van der Waals surface area (Å²) in [5, 5.41) is 12.4. The zero-order valence-corrected chi connectivity index (χ0v) is 14.0. The van der Waals surface area contributed by atoms with E-state index in [0.717, 1.165) is 14.7 Å². The minimum Gasteiger partial charge on any atom is -0.504 e. The van der Waals surface area contributed by atoms with E-state index in [2.05, 4.69) is 27.9 Å².